The van der Waals surface area contributed by atoms with Crippen molar-refractivity contribution in [3.8, 4) is 17.0 Å². The van der Waals surface area contributed by atoms with E-state index >= 15 is 0 Å². The largest absolute Gasteiger partial charge is 0.573 e. The van der Waals surface area contributed by atoms with Crippen LogP contribution in [0.25, 0.3) is 11.3 Å². The van der Waals surface area contributed by atoms with Gasteiger partial charge in [-0.2, -0.15) is 13.2 Å². The van der Waals surface area contributed by atoms with Crippen molar-refractivity contribution in [1.82, 2.24) is 9.97 Å². The monoisotopic (exact) mass is 547 g/mol. The molecule has 0 spiro atoms. The average Bonchev–Trinajstić information content (AvgIpc) is 2.87. The van der Waals surface area contributed by atoms with Crippen LogP contribution in [0.2, 0.25) is 0 Å². The highest BCUT2D eigenvalue weighted by Crippen LogP contribution is 2.36. The lowest BCUT2D eigenvalue weighted by atomic mass is 10.1. The molecule has 8 nitrogen and oxygen atoms in total. The van der Waals surface area contributed by atoms with E-state index in [-0.39, 0.29) is 17.2 Å². The highest BCUT2D eigenvalue weighted by Gasteiger charge is 2.32. The van der Waals surface area contributed by atoms with E-state index in [0.717, 1.165) is 30.3 Å². The van der Waals surface area contributed by atoms with Gasteiger partial charge in [0.15, 0.2) is 5.75 Å². The summed E-state index contributed by atoms with van der Waals surface area (Å²) in [4.78, 5) is 19.7. The Kier molecular flexibility index (Phi) is 7.47. The van der Waals surface area contributed by atoms with Gasteiger partial charge >= 0.3 is 18.5 Å². The van der Waals surface area contributed by atoms with E-state index in [1.165, 1.54) is 30.5 Å². The number of aromatic carboxylic acids is 1. The fourth-order valence-corrected chi connectivity index (χ4v) is 3.27. The van der Waals surface area contributed by atoms with Gasteiger partial charge in [-0.05, 0) is 54.6 Å². The number of ether oxygens (including phenoxy) is 1. The van der Waals surface area contributed by atoms with E-state index in [9.17, 15) is 36.2 Å². The summed E-state index contributed by atoms with van der Waals surface area (Å²) in [7, 11) is 0. The van der Waals surface area contributed by atoms with Crippen molar-refractivity contribution in [3.05, 3.63) is 90.1 Å². The normalized spacial score (nSPS) is 11.9. The number of hydrogen-bond donors (Lipinski definition) is 2. The molecule has 2 N–H and O–H groups in total. The molecule has 0 aliphatic rings. The SMILES string of the molecule is O=C(O)c1ccc(OC(F)(F)F)c(N=Nc2ccccc2-c2ccnc(Nc3ccc(C(F)(F)F)cc3)n2)c1. The van der Waals surface area contributed by atoms with E-state index in [0.29, 0.717) is 16.9 Å². The molecule has 14 heteroatoms. The molecule has 0 saturated heterocycles. The van der Waals surface area contributed by atoms with Crippen molar-refractivity contribution in [1.29, 1.82) is 0 Å². The molecule has 1 aromatic heterocycles. The molecule has 0 radical (unpaired) electrons. The molecule has 0 saturated carbocycles. The van der Waals surface area contributed by atoms with Crippen LogP contribution in [0, 0.1) is 0 Å². The second-order valence-electron chi connectivity index (χ2n) is 7.72. The van der Waals surface area contributed by atoms with Gasteiger partial charge in [0.2, 0.25) is 5.95 Å². The third-order valence-electron chi connectivity index (χ3n) is 5.00. The van der Waals surface area contributed by atoms with Crippen LogP contribution in [-0.2, 0) is 6.18 Å². The maximum Gasteiger partial charge on any atom is 0.573 e. The standard InChI is InChI=1S/C25H15F6N5O3/c26-24(27,28)15-6-8-16(9-7-15)33-23-32-12-11-18(34-23)17-3-1-2-4-19(17)35-36-20-13-14(22(37)38)5-10-21(20)39-25(29,30)31/h1-13H,(H,37,38)(H,32,33,34). The molecule has 4 aromatic rings. The number of azo groups is 1. The first-order valence-electron chi connectivity index (χ1n) is 10.8. The molecule has 1 heterocycles. The number of benzene rings is 3. The molecule has 39 heavy (non-hydrogen) atoms. The highest BCUT2D eigenvalue weighted by molar-refractivity contribution is 5.89. The van der Waals surface area contributed by atoms with Crippen molar-refractivity contribution in [2.24, 2.45) is 10.2 Å². The van der Waals surface area contributed by atoms with Crippen LogP contribution in [0.15, 0.2) is 89.2 Å². The Bertz CT molecular complexity index is 1520. The molecule has 0 atom stereocenters. The first-order valence-corrected chi connectivity index (χ1v) is 10.8. The molecule has 0 aliphatic carbocycles. The van der Waals surface area contributed by atoms with Crippen LogP contribution < -0.4 is 10.1 Å². The zero-order chi connectivity index (χ0) is 28.2. The number of aromatic nitrogens is 2. The van der Waals surface area contributed by atoms with Gasteiger partial charge in [-0.3, -0.25) is 0 Å². The molecule has 4 rings (SSSR count). The molecule has 200 valence electrons. The average molecular weight is 547 g/mol. The van der Waals surface area contributed by atoms with Gasteiger partial charge in [-0.1, -0.05) is 18.2 Å². The number of carboxylic acids is 1. The summed E-state index contributed by atoms with van der Waals surface area (Å²) in [6, 6.07) is 14.7. The molecule has 0 unspecified atom stereocenters. The van der Waals surface area contributed by atoms with E-state index in [2.05, 4.69) is 30.3 Å². The Morgan fingerprint density at radius 2 is 1.56 bits per heavy atom. The number of halogens is 6. The molecule has 0 fully saturated rings. The van der Waals surface area contributed by atoms with Crippen LogP contribution in [0.3, 0.4) is 0 Å². The van der Waals surface area contributed by atoms with Crippen LogP contribution in [-0.4, -0.2) is 27.4 Å². The van der Waals surface area contributed by atoms with E-state index < -0.39 is 35.5 Å². The van der Waals surface area contributed by atoms with Gasteiger partial charge in [0.1, 0.15) is 5.69 Å². The minimum atomic E-state index is -5.05. The maximum atomic E-state index is 12.8. The third kappa shape index (κ3) is 7.06. The van der Waals surface area contributed by atoms with Crippen LogP contribution in [0.5, 0.6) is 5.75 Å². The highest BCUT2D eigenvalue weighted by atomic mass is 19.4. The minimum Gasteiger partial charge on any atom is -0.478 e. The lowest BCUT2D eigenvalue weighted by Crippen LogP contribution is -2.17. The van der Waals surface area contributed by atoms with Gasteiger partial charge in [-0.25, -0.2) is 14.8 Å². The predicted octanol–water partition coefficient (Wildman–Crippen LogP) is 7.92. The number of carboxylic acid groups (broad SMARTS) is 1. The minimum absolute atomic E-state index is 0.0500. The molecule has 0 aliphatic heterocycles. The van der Waals surface area contributed by atoms with E-state index in [1.54, 1.807) is 18.2 Å². The van der Waals surface area contributed by atoms with Crippen molar-refractivity contribution < 1.29 is 41.0 Å². The first kappa shape index (κ1) is 27.0. The summed E-state index contributed by atoms with van der Waals surface area (Å²) < 4.78 is 80.8. The molecule has 0 amide bonds. The number of rotatable bonds is 7. The second kappa shape index (κ2) is 10.8. The molecule has 0 bridgehead atoms. The number of anilines is 2. The number of hydrogen-bond acceptors (Lipinski definition) is 7. The fraction of sp³-hybridized carbons (Fsp3) is 0.0800. The Labute approximate surface area is 215 Å². The fourth-order valence-electron chi connectivity index (χ4n) is 3.27. The van der Waals surface area contributed by atoms with Crippen molar-refractivity contribution >= 4 is 29.0 Å². The van der Waals surface area contributed by atoms with Gasteiger partial charge in [0.05, 0.1) is 22.5 Å². The number of carbonyl (C=O) groups is 1. The Balaban J connectivity index is 1.64. The summed E-state index contributed by atoms with van der Waals surface area (Å²) in [5.74, 6) is -2.09. The van der Waals surface area contributed by atoms with E-state index in [4.69, 9.17) is 0 Å². The van der Waals surface area contributed by atoms with Gasteiger partial charge < -0.3 is 15.2 Å². The molecular formula is C25H15F6N5O3. The zero-order valence-corrected chi connectivity index (χ0v) is 19.3. The summed E-state index contributed by atoms with van der Waals surface area (Å²) in [5.41, 5.74) is -0.485. The Morgan fingerprint density at radius 1 is 0.872 bits per heavy atom. The van der Waals surface area contributed by atoms with Gasteiger partial charge in [0.25, 0.3) is 0 Å². The van der Waals surface area contributed by atoms with Crippen LogP contribution >= 0.6 is 0 Å². The maximum absolute atomic E-state index is 12.8. The Hall–Kier alpha value is -5.01. The number of alkyl halides is 6. The summed E-state index contributed by atoms with van der Waals surface area (Å²) in [6.45, 7) is 0. The number of nitrogens with zero attached hydrogens (tertiary/aromatic N) is 4. The van der Waals surface area contributed by atoms with Crippen LogP contribution in [0.1, 0.15) is 15.9 Å². The van der Waals surface area contributed by atoms with Crippen molar-refractivity contribution in [2.75, 3.05) is 5.32 Å². The van der Waals surface area contributed by atoms with Crippen LogP contribution in [0.4, 0.5) is 49.4 Å². The second-order valence-corrected chi connectivity index (χ2v) is 7.72. The lowest BCUT2D eigenvalue weighted by Gasteiger charge is -2.11. The smallest absolute Gasteiger partial charge is 0.478 e. The predicted molar refractivity (Wildman–Crippen MR) is 126 cm³/mol. The molecule has 3 aromatic carbocycles. The summed E-state index contributed by atoms with van der Waals surface area (Å²) in [6.07, 6.45) is -8.15. The lowest BCUT2D eigenvalue weighted by molar-refractivity contribution is -0.274. The van der Waals surface area contributed by atoms with Gasteiger partial charge in [0, 0.05) is 17.4 Å². The number of nitrogens with one attached hydrogen (secondary N) is 1. The summed E-state index contributed by atoms with van der Waals surface area (Å²) >= 11 is 0. The topological polar surface area (TPSA) is 109 Å². The van der Waals surface area contributed by atoms with Gasteiger partial charge in [-0.15, -0.1) is 23.4 Å². The van der Waals surface area contributed by atoms with Crippen molar-refractivity contribution in [3.63, 3.8) is 0 Å². The zero-order valence-electron chi connectivity index (χ0n) is 19.3. The first-order chi connectivity index (χ1) is 18.4. The Morgan fingerprint density at radius 3 is 2.23 bits per heavy atom. The quantitative estimate of drug-likeness (QED) is 0.180. The van der Waals surface area contributed by atoms with E-state index in [1.807, 2.05) is 0 Å². The molecular weight excluding hydrogens is 532 g/mol. The van der Waals surface area contributed by atoms with Crippen molar-refractivity contribution in [2.45, 2.75) is 12.5 Å². The summed E-state index contributed by atoms with van der Waals surface area (Å²) in [5, 5.41) is 19.8. The third-order valence-corrected chi connectivity index (χ3v) is 5.00.